The summed E-state index contributed by atoms with van der Waals surface area (Å²) < 4.78 is 1.89. The van der Waals surface area contributed by atoms with E-state index in [4.69, 9.17) is 0 Å². The van der Waals surface area contributed by atoms with Gasteiger partial charge in [0.2, 0.25) is 5.91 Å². The number of hydrogen-bond acceptors (Lipinski definition) is 6. The number of aromatic nitrogens is 3. The lowest BCUT2D eigenvalue weighted by Gasteiger charge is -2.43. The van der Waals surface area contributed by atoms with Crippen molar-refractivity contribution in [3.63, 3.8) is 0 Å². The van der Waals surface area contributed by atoms with Gasteiger partial charge in [0.25, 0.3) is 0 Å². The smallest absolute Gasteiger partial charge is 0.240 e. The SMILES string of the molecule is Cn1ccnc1C1(O)C[C@@H]2CC[C@@H](C1)N2CC(=O)Nc1nccs1. The zero-order valence-electron chi connectivity index (χ0n) is 13.6. The lowest BCUT2D eigenvalue weighted by atomic mass is 9.85. The monoisotopic (exact) mass is 347 g/mol. The molecule has 0 aromatic carbocycles. The molecule has 2 aliphatic rings. The number of fused-ring (bicyclic) bond motifs is 2. The fourth-order valence-corrected chi connectivity index (χ4v) is 4.73. The van der Waals surface area contributed by atoms with Gasteiger partial charge in [-0.1, -0.05) is 0 Å². The molecule has 2 N–H and O–H groups in total. The number of thiazole rings is 1. The minimum atomic E-state index is -0.896. The van der Waals surface area contributed by atoms with E-state index in [0.29, 0.717) is 24.5 Å². The molecule has 2 aliphatic heterocycles. The third kappa shape index (κ3) is 2.74. The maximum Gasteiger partial charge on any atom is 0.240 e. The zero-order valence-corrected chi connectivity index (χ0v) is 14.4. The van der Waals surface area contributed by atoms with Crippen molar-refractivity contribution in [1.82, 2.24) is 19.4 Å². The van der Waals surface area contributed by atoms with Crippen molar-refractivity contribution in [2.45, 2.75) is 43.4 Å². The van der Waals surface area contributed by atoms with E-state index in [1.54, 1.807) is 12.4 Å². The molecule has 1 amide bonds. The number of hydrogen-bond donors (Lipinski definition) is 2. The Bertz CT molecular complexity index is 715. The minimum absolute atomic E-state index is 0.0377. The molecule has 2 atom stereocenters. The number of imidazole rings is 1. The first-order valence-electron chi connectivity index (χ1n) is 8.20. The van der Waals surface area contributed by atoms with E-state index >= 15 is 0 Å². The molecule has 0 saturated carbocycles. The fourth-order valence-electron chi connectivity index (χ4n) is 4.18. The number of carbonyl (C=O) groups is 1. The first kappa shape index (κ1) is 15.7. The maximum absolute atomic E-state index is 12.3. The lowest BCUT2D eigenvalue weighted by Crippen LogP contribution is -2.52. The lowest BCUT2D eigenvalue weighted by molar-refractivity contribution is -0.121. The van der Waals surface area contributed by atoms with Crippen LogP contribution in [0.1, 0.15) is 31.5 Å². The molecule has 4 heterocycles. The Labute approximate surface area is 144 Å². The molecule has 2 fully saturated rings. The third-order valence-corrected chi connectivity index (χ3v) is 5.85. The highest BCUT2D eigenvalue weighted by Gasteiger charge is 2.50. The Morgan fingerprint density at radius 2 is 2.12 bits per heavy atom. The van der Waals surface area contributed by atoms with E-state index in [0.717, 1.165) is 18.7 Å². The van der Waals surface area contributed by atoms with Gasteiger partial charge in [0.15, 0.2) is 5.13 Å². The van der Waals surface area contributed by atoms with Gasteiger partial charge in [-0.15, -0.1) is 11.3 Å². The number of piperidine rings is 1. The van der Waals surface area contributed by atoms with Crippen LogP contribution in [-0.4, -0.2) is 49.1 Å². The van der Waals surface area contributed by atoms with E-state index in [-0.39, 0.29) is 18.0 Å². The van der Waals surface area contributed by atoms with Crippen molar-refractivity contribution >= 4 is 22.4 Å². The summed E-state index contributed by atoms with van der Waals surface area (Å²) in [6.07, 6.45) is 8.55. The van der Waals surface area contributed by atoms with Crippen LogP contribution in [0.3, 0.4) is 0 Å². The number of carbonyl (C=O) groups excluding carboxylic acids is 1. The molecule has 8 heteroatoms. The second-order valence-corrected chi connectivity index (χ2v) is 7.64. The van der Waals surface area contributed by atoms with Gasteiger partial charge in [0.05, 0.1) is 6.54 Å². The first-order chi connectivity index (χ1) is 11.5. The number of nitrogens with zero attached hydrogens (tertiary/aromatic N) is 4. The summed E-state index contributed by atoms with van der Waals surface area (Å²) in [7, 11) is 1.91. The summed E-state index contributed by atoms with van der Waals surface area (Å²) in [5.74, 6) is 0.690. The van der Waals surface area contributed by atoms with Crippen LogP contribution in [0.2, 0.25) is 0 Å². The molecule has 0 aliphatic carbocycles. The molecular formula is C16H21N5O2S. The van der Waals surface area contributed by atoms with Crippen LogP contribution in [0, 0.1) is 0 Å². The van der Waals surface area contributed by atoms with Crippen molar-refractivity contribution in [3.8, 4) is 0 Å². The predicted octanol–water partition coefficient (Wildman–Crippen LogP) is 1.33. The average Bonchev–Trinajstić information content (AvgIpc) is 3.23. The Morgan fingerprint density at radius 1 is 1.38 bits per heavy atom. The Balaban J connectivity index is 1.45. The Kier molecular flexibility index (Phi) is 3.90. The van der Waals surface area contributed by atoms with Gasteiger partial charge in [-0.2, -0.15) is 0 Å². The number of aliphatic hydroxyl groups is 1. The summed E-state index contributed by atoms with van der Waals surface area (Å²) in [6.45, 7) is 0.353. The fraction of sp³-hybridized carbons (Fsp3) is 0.562. The van der Waals surface area contributed by atoms with Gasteiger partial charge in [0.1, 0.15) is 11.4 Å². The van der Waals surface area contributed by atoms with Gasteiger partial charge < -0.3 is 15.0 Å². The number of aryl methyl sites for hydroxylation is 1. The van der Waals surface area contributed by atoms with Crippen LogP contribution in [0.4, 0.5) is 5.13 Å². The Hall–Kier alpha value is -1.77. The molecule has 0 spiro atoms. The topological polar surface area (TPSA) is 83.3 Å². The normalized spacial score (nSPS) is 29.8. The molecular weight excluding hydrogens is 326 g/mol. The summed E-state index contributed by atoms with van der Waals surface area (Å²) >= 11 is 1.42. The first-order valence-corrected chi connectivity index (χ1v) is 9.08. The van der Waals surface area contributed by atoms with Crippen molar-refractivity contribution in [2.24, 2.45) is 7.05 Å². The molecule has 2 saturated heterocycles. The summed E-state index contributed by atoms with van der Waals surface area (Å²) in [5.41, 5.74) is -0.896. The molecule has 2 bridgehead atoms. The number of nitrogens with one attached hydrogen (secondary N) is 1. The van der Waals surface area contributed by atoms with Crippen LogP contribution in [0.25, 0.3) is 0 Å². The molecule has 0 unspecified atom stereocenters. The van der Waals surface area contributed by atoms with Crippen LogP contribution in [0.15, 0.2) is 24.0 Å². The van der Waals surface area contributed by atoms with Crippen molar-refractivity contribution in [2.75, 3.05) is 11.9 Å². The molecule has 2 aromatic heterocycles. The van der Waals surface area contributed by atoms with Crippen molar-refractivity contribution in [3.05, 3.63) is 29.8 Å². The van der Waals surface area contributed by atoms with Crippen LogP contribution >= 0.6 is 11.3 Å². The minimum Gasteiger partial charge on any atom is -0.382 e. The highest BCUT2D eigenvalue weighted by atomic mass is 32.1. The van der Waals surface area contributed by atoms with E-state index in [2.05, 4.69) is 20.2 Å². The quantitative estimate of drug-likeness (QED) is 0.872. The van der Waals surface area contributed by atoms with Crippen LogP contribution in [0.5, 0.6) is 0 Å². The van der Waals surface area contributed by atoms with E-state index < -0.39 is 5.60 Å². The van der Waals surface area contributed by atoms with E-state index in [1.807, 2.05) is 23.2 Å². The van der Waals surface area contributed by atoms with Gasteiger partial charge in [-0.3, -0.25) is 9.69 Å². The third-order valence-electron chi connectivity index (χ3n) is 5.16. The van der Waals surface area contributed by atoms with Gasteiger partial charge >= 0.3 is 0 Å². The van der Waals surface area contributed by atoms with E-state index in [9.17, 15) is 9.90 Å². The van der Waals surface area contributed by atoms with Crippen molar-refractivity contribution < 1.29 is 9.90 Å². The standard InChI is InChI=1S/C16H21N5O2S/c1-20-6-4-17-14(20)16(23)8-11-2-3-12(9-16)21(11)10-13(22)19-15-18-5-7-24-15/h4-7,11-12,23H,2-3,8-10H2,1H3,(H,18,19,22)/t11-,12-/m0/s1. The van der Waals surface area contributed by atoms with Crippen LogP contribution in [-0.2, 0) is 17.4 Å². The molecule has 2 aromatic rings. The Morgan fingerprint density at radius 3 is 2.71 bits per heavy atom. The van der Waals surface area contributed by atoms with Gasteiger partial charge in [-0.05, 0) is 25.7 Å². The van der Waals surface area contributed by atoms with Crippen LogP contribution < -0.4 is 5.32 Å². The van der Waals surface area contributed by atoms with Gasteiger partial charge in [0, 0.05) is 43.1 Å². The summed E-state index contributed by atoms with van der Waals surface area (Å²) in [6, 6.07) is 0.431. The second-order valence-electron chi connectivity index (χ2n) is 6.74. The second kappa shape index (κ2) is 5.94. The number of anilines is 1. The molecule has 24 heavy (non-hydrogen) atoms. The van der Waals surface area contributed by atoms with Crippen molar-refractivity contribution in [1.29, 1.82) is 0 Å². The predicted molar refractivity (Wildman–Crippen MR) is 90.6 cm³/mol. The zero-order chi connectivity index (χ0) is 16.7. The highest BCUT2D eigenvalue weighted by Crippen LogP contribution is 2.44. The summed E-state index contributed by atoms with van der Waals surface area (Å²) in [4.78, 5) is 23.0. The van der Waals surface area contributed by atoms with Gasteiger partial charge in [-0.25, -0.2) is 9.97 Å². The largest absolute Gasteiger partial charge is 0.382 e. The average molecular weight is 347 g/mol. The maximum atomic E-state index is 12.3. The number of amides is 1. The summed E-state index contributed by atoms with van der Waals surface area (Å²) in [5, 5.41) is 16.5. The molecule has 0 radical (unpaired) electrons. The molecule has 7 nitrogen and oxygen atoms in total. The number of rotatable bonds is 4. The molecule has 4 rings (SSSR count). The molecule has 128 valence electrons. The highest BCUT2D eigenvalue weighted by molar-refractivity contribution is 7.13. The van der Waals surface area contributed by atoms with E-state index in [1.165, 1.54) is 11.3 Å².